The van der Waals surface area contributed by atoms with Gasteiger partial charge in [-0.2, -0.15) is 0 Å². The Morgan fingerprint density at radius 1 is 1.12 bits per heavy atom. The van der Waals surface area contributed by atoms with Crippen molar-refractivity contribution in [3.8, 4) is 11.5 Å². The van der Waals surface area contributed by atoms with Gasteiger partial charge in [0.2, 0.25) is 0 Å². The summed E-state index contributed by atoms with van der Waals surface area (Å²) >= 11 is 0. The van der Waals surface area contributed by atoms with Crippen LogP contribution in [0.15, 0.2) is 54.6 Å². The van der Waals surface area contributed by atoms with Crippen LogP contribution in [-0.2, 0) is 16.1 Å². The van der Waals surface area contributed by atoms with Gasteiger partial charge in [0.25, 0.3) is 0 Å². The molecule has 6 heteroatoms. The Kier molecular flexibility index (Phi) is 7.90. The molecule has 1 amide bonds. The van der Waals surface area contributed by atoms with Gasteiger partial charge in [-0.3, -0.25) is 4.90 Å². The van der Waals surface area contributed by atoms with Crippen molar-refractivity contribution in [2.24, 2.45) is 0 Å². The Bertz CT molecular complexity index is 906. The molecule has 1 aliphatic rings. The van der Waals surface area contributed by atoms with Gasteiger partial charge in [-0.25, -0.2) is 4.79 Å². The van der Waals surface area contributed by atoms with Gasteiger partial charge in [0, 0.05) is 12.5 Å². The maximum absolute atomic E-state index is 12.9. The molecule has 0 aliphatic carbocycles. The Hall–Kier alpha value is -2.73. The van der Waals surface area contributed by atoms with Crippen molar-refractivity contribution in [2.75, 3.05) is 6.61 Å². The third-order valence-electron chi connectivity index (χ3n) is 5.51. The van der Waals surface area contributed by atoms with Gasteiger partial charge in [0.15, 0.2) is 0 Å². The van der Waals surface area contributed by atoms with E-state index in [4.69, 9.17) is 18.9 Å². The summed E-state index contributed by atoms with van der Waals surface area (Å²) in [6.07, 6.45) is 1.01. The monoisotopic (exact) mass is 455 g/mol. The van der Waals surface area contributed by atoms with Gasteiger partial charge < -0.3 is 18.9 Å². The quantitative estimate of drug-likeness (QED) is 0.475. The molecule has 0 aromatic heterocycles. The van der Waals surface area contributed by atoms with E-state index in [1.54, 1.807) is 4.90 Å². The van der Waals surface area contributed by atoms with E-state index < -0.39 is 11.3 Å². The molecule has 0 bridgehead atoms. The third kappa shape index (κ3) is 7.13. The number of benzene rings is 2. The summed E-state index contributed by atoms with van der Waals surface area (Å²) in [7, 11) is 0. The van der Waals surface area contributed by atoms with E-state index in [0.717, 1.165) is 23.5 Å². The molecule has 1 fully saturated rings. The van der Waals surface area contributed by atoms with Crippen LogP contribution in [0.2, 0.25) is 0 Å². The second-order valence-corrected chi connectivity index (χ2v) is 9.89. The highest BCUT2D eigenvalue weighted by Crippen LogP contribution is 2.33. The van der Waals surface area contributed by atoms with E-state index in [1.807, 2.05) is 89.2 Å². The lowest BCUT2D eigenvalue weighted by Crippen LogP contribution is -2.50. The third-order valence-corrected chi connectivity index (χ3v) is 5.51. The number of rotatable bonds is 8. The Morgan fingerprint density at radius 2 is 1.82 bits per heavy atom. The van der Waals surface area contributed by atoms with E-state index in [-0.39, 0.29) is 18.2 Å². The van der Waals surface area contributed by atoms with Crippen LogP contribution in [0, 0.1) is 0 Å². The molecule has 2 atom stereocenters. The fraction of sp³-hybridized carbons (Fsp3) is 0.519. The first-order chi connectivity index (χ1) is 15.6. The summed E-state index contributed by atoms with van der Waals surface area (Å²) in [5.41, 5.74) is -0.182. The zero-order valence-corrected chi connectivity index (χ0v) is 20.7. The lowest BCUT2D eigenvalue weighted by atomic mass is 10.1. The molecule has 0 radical (unpaired) electrons. The van der Waals surface area contributed by atoms with E-state index in [9.17, 15) is 4.79 Å². The number of amides is 1. The molecule has 33 heavy (non-hydrogen) atoms. The smallest absolute Gasteiger partial charge is 0.412 e. The average molecular weight is 456 g/mol. The zero-order chi connectivity index (χ0) is 24.1. The highest BCUT2D eigenvalue weighted by molar-refractivity contribution is 5.69. The van der Waals surface area contributed by atoms with Crippen LogP contribution < -0.4 is 9.47 Å². The topological polar surface area (TPSA) is 57.2 Å². The normalized spacial score (nSPS) is 18.6. The summed E-state index contributed by atoms with van der Waals surface area (Å²) in [6, 6.07) is 17.6. The van der Waals surface area contributed by atoms with E-state index in [1.165, 1.54) is 0 Å². The van der Waals surface area contributed by atoms with Crippen molar-refractivity contribution in [3.05, 3.63) is 60.2 Å². The largest absolute Gasteiger partial charge is 0.490 e. The lowest BCUT2D eigenvalue weighted by molar-refractivity contribution is -0.0635. The molecule has 0 saturated carbocycles. The molecule has 3 rings (SSSR count). The molecule has 0 spiro atoms. The molecule has 1 heterocycles. The van der Waals surface area contributed by atoms with Crippen LogP contribution >= 0.6 is 0 Å². The fourth-order valence-electron chi connectivity index (χ4n) is 3.91. The van der Waals surface area contributed by atoms with Crippen LogP contribution in [0.5, 0.6) is 11.5 Å². The SMILES string of the molecule is CC[C@H](CC1COC(C)(C)N1C(=O)OC(C)(C)C)Oc1cccc(OCc2ccccc2)c1. The lowest BCUT2D eigenvalue weighted by Gasteiger charge is -2.36. The summed E-state index contributed by atoms with van der Waals surface area (Å²) in [5.74, 6) is 1.50. The van der Waals surface area contributed by atoms with E-state index >= 15 is 0 Å². The Morgan fingerprint density at radius 3 is 2.48 bits per heavy atom. The number of ether oxygens (including phenoxy) is 4. The maximum atomic E-state index is 12.9. The fourth-order valence-corrected chi connectivity index (χ4v) is 3.91. The molecule has 2 aromatic rings. The van der Waals surface area contributed by atoms with Crippen molar-refractivity contribution >= 4 is 6.09 Å². The highest BCUT2D eigenvalue weighted by Gasteiger charge is 2.46. The van der Waals surface area contributed by atoms with Crippen LogP contribution in [0.3, 0.4) is 0 Å². The molecule has 1 unspecified atom stereocenters. The minimum atomic E-state index is -0.726. The first-order valence-electron chi connectivity index (χ1n) is 11.7. The standard InChI is InChI=1S/C27H37NO5/c1-7-22(16-21-19-31-27(5,6)28(21)25(29)33-26(2,3)4)32-24-15-11-14-23(17-24)30-18-20-12-9-8-10-13-20/h8-15,17,21-22H,7,16,18-19H2,1-6H3/t21?,22-/m1/s1. The average Bonchev–Trinajstić information content (AvgIpc) is 3.05. The Labute approximate surface area is 197 Å². The van der Waals surface area contributed by atoms with Gasteiger partial charge >= 0.3 is 6.09 Å². The van der Waals surface area contributed by atoms with Crippen LogP contribution in [0.4, 0.5) is 4.79 Å². The van der Waals surface area contributed by atoms with E-state index in [2.05, 4.69) is 6.92 Å². The molecule has 180 valence electrons. The highest BCUT2D eigenvalue weighted by atomic mass is 16.6. The Balaban J connectivity index is 1.64. The van der Waals surface area contributed by atoms with Crippen molar-refractivity contribution in [3.63, 3.8) is 0 Å². The predicted octanol–water partition coefficient (Wildman–Crippen LogP) is 6.19. The number of hydrogen-bond donors (Lipinski definition) is 0. The van der Waals surface area contributed by atoms with Crippen molar-refractivity contribution < 1.29 is 23.7 Å². The molecule has 1 saturated heterocycles. The van der Waals surface area contributed by atoms with Gasteiger partial charge in [-0.1, -0.05) is 43.3 Å². The van der Waals surface area contributed by atoms with Crippen molar-refractivity contribution in [1.82, 2.24) is 4.90 Å². The van der Waals surface area contributed by atoms with Crippen molar-refractivity contribution in [2.45, 2.75) is 84.5 Å². The van der Waals surface area contributed by atoms with Gasteiger partial charge in [0.1, 0.15) is 35.5 Å². The molecular formula is C27H37NO5. The summed E-state index contributed by atoms with van der Waals surface area (Å²) in [5, 5.41) is 0. The first kappa shape index (κ1) is 24.9. The molecular weight excluding hydrogens is 418 g/mol. The second kappa shape index (κ2) is 10.5. The maximum Gasteiger partial charge on any atom is 0.412 e. The van der Waals surface area contributed by atoms with Gasteiger partial charge in [-0.15, -0.1) is 0 Å². The molecule has 0 N–H and O–H groups in total. The van der Waals surface area contributed by atoms with Crippen LogP contribution in [0.25, 0.3) is 0 Å². The first-order valence-corrected chi connectivity index (χ1v) is 11.7. The van der Waals surface area contributed by atoms with Gasteiger partial charge in [-0.05, 0) is 58.7 Å². The molecule has 2 aromatic carbocycles. The summed E-state index contributed by atoms with van der Waals surface area (Å²) in [6.45, 7) is 12.4. The van der Waals surface area contributed by atoms with E-state index in [0.29, 0.717) is 19.6 Å². The number of hydrogen-bond acceptors (Lipinski definition) is 5. The summed E-state index contributed by atoms with van der Waals surface area (Å²) < 4.78 is 23.8. The van der Waals surface area contributed by atoms with Crippen LogP contribution in [0.1, 0.15) is 59.9 Å². The molecule has 1 aliphatic heterocycles. The number of carbonyl (C=O) groups excluding carboxylic acids is 1. The predicted molar refractivity (Wildman–Crippen MR) is 128 cm³/mol. The minimum absolute atomic E-state index is 0.0817. The second-order valence-electron chi connectivity index (χ2n) is 9.89. The summed E-state index contributed by atoms with van der Waals surface area (Å²) in [4.78, 5) is 14.6. The number of carbonyl (C=O) groups is 1. The zero-order valence-electron chi connectivity index (χ0n) is 20.7. The van der Waals surface area contributed by atoms with Crippen LogP contribution in [-0.4, -0.2) is 41.1 Å². The van der Waals surface area contributed by atoms with Gasteiger partial charge in [0.05, 0.1) is 12.6 Å². The number of nitrogens with zero attached hydrogens (tertiary/aromatic N) is 1. The minimum Gasteiger partial charge on any atom is -0.490 e. The molecule has 6 nitrogen and oxygen atoms in total. The van der Waals surface area contributed by atoms with Crippen molar-refractivity contribution in [1.29, 1.82) is 0 Å².